The maximum atomic E-state index is 11.6. The van der Waals surface area contributed by atoms with Gasteiger partial charge in [-0.3, -0.25) is 0 Å². The van der Waals surface area contributed by atoms with E-state index in [1.807, 2.05) is 17.7 Å². The van der Waals surface area contributed by atoms with Crippen molar-refractivity contribution in [3.05, 3.63) is 18.6 Å². The number of nitrogens with one attached hydrogen (secondary N) is 1. The average molecular weight is 260 g/mol. The average Bonchev–Trinajstić information content (AvgIpc) is 2.99. The van der Waals surface area contributed by atoms with Gasteiger partial charge in [-0.05, 0) is 18.9 Å². The first-order chi connectivity index (χ1) is 9.12. The molecule has 0 radical (unpaired) electrons. The summed E-state index contributed by atoms with van der Waals surface area (Å²) in [5.41, 5.74) is 0.771. The minimum absolute atomic E-state index is 0.558. The molecule has 0 unspecified atom stereocenters. The first kappa shape index (κ1) is 12.0. The lowest BCUT2D eigenvalue weighted by Crippen LogP contribution is -2.44. The Bertz CT molecular complexity index is 629. The Labute approximate surface area is 110 Å². The van der Waals surface area contributed by atoms with Crippen LogP contribution in [-0.2, 0) is 11.8 Å². The summed E-state index contributed by atoms with van der Waals surface area (Å²) in [7, 11) is 1.90. The molecule has 0 aromatic carbocycles. The lowest BCUT2D eigenvalue weighted by atomic mass is 9.98. The molecule has 2 heterocycles. The van der Waals surface area contributed by atoms with Crippen LogP contribution in [0.3, 0.4) is 0 Å². The van der Waals surface area contributed by atoms with E-state index < -0.39 is 11.5 Å². The predicted octanol–water partition coefficient (Wildman–Crippen LogP) is 1.78. The number of aromatic nitrogens is 3. The van der Waals surface area contributed by atoms with Crippen LogP contribution in [0.15, 0.2) is 18.6 Å². The summed E-state index contributed by atoms with van der Waals surface area (Å²) in [6.45, 7) is 0. The van der Waals surface area contributed by atoms with Crippen molar-refractivity contribution in [1.82, 2.24) is 14.5 Å². The second-order valence-corrected chi connectivity index (χ2v) is 5.10. The maximum absolute atomic E-state index is 11.6. The molecule has 1 saturated carbocycles. The highest BCUT2D eigenvalue weighted by molar-refractivity contribution is 5.90. The number of pyridine rings is 1. The molecular weight excluding hydrogens is 244 g/mol. The van der Waals surface area contributed by atoms with E-state index in [1.54, 1.807) is 12.5 Å². The van der Waals surface area contributed by atoms with Crippen LogP contribution in [-0.4, -0.2) is 31.1 Å². The molecule has 1 fully saturated rings. The molecule has 1 aliphatic rings. The van der Waals surface area contributed by atoms with Gasteiger partial charge in [-0.1, -0.05) is 12.8 Å². The van der Waals surface area contributed by atoms with Gasteiger partial charge in [-0.15, -0.1) is 0 Å². The van der Waals surface area contributed by atoms with E-state index in [0.717, 1.165) is 23.9 Å². The molecule has 3 rings (SSSR count). The molecule has 1 aliphatic carbocycles. The lowest BCUT2D eigenvalue weighted by molar-refractivity contribution is -0.142. The summed E-state index contributed by atoms with van der Waals surface area (Å²) in [6.07, 6.45) is 6.51. The van der Waals surface area contributed by atoms with Crippen LogP contribution in [0.25, 0.3) is 11.0 Å². The van der Waals surface area contributed by atoms with Crippen molar-refractivity contribution >= 4 is 22.8 Å². The number of carboxylic acid groups (broad SMARTS) is 1. The van der Waals surface area contributed by atoms with Crippen LogP contribution in [0.1, 0.15) is 25.7 Å². The van der Waals surface area contributed by atoms with Crippen molar-refractivity contribution in [3.8, 4) is 0 Å². The molecular formula is C13H16N4O2. The minimum Gasteiger partial charge on any atom is -0.480 e. The Morgan fingerprint density at radius 2 is 2.16 bits per heavy atom. The number of aliphatic carboxylic acids is 1. The molecule has 6 heteroatoms. The molecule has 6 nitrogen and oxygen atoms in total. The Balaban J connectivity index is 2.03. The SMILES string of the molecule is Cn1cnc2c(NC3(C(=O)O)CCCC3)nccc21. The zero-order chi connectivity index (χ0) is 13.5. The molecule has 2 N–H and O–H groups in total. The zero-order valence-corrected chi connectivity index (χ0v) is 10.8. The number of carbonyl (C=O) groups is 1. The van der Waals surface area contributed by atoms with E-state index in [1.165, 1.54) is 0 Å². The Hall–Kier alpha value is -2.11. The van der Waals surface area contributed by atoms with Crippen molar-refractivity contribution in [2.24, 2.45) is 7.05 Å². The quantitative estimate of drug-likeness (QED) is 0.879. The van der Waals surface area contributed by atoms with Crippen LogP contribution in [0.2, 0.25) is 0 Å². The van der Waals surface area contributed by atoms with Gasteiger partial charge in [0.1, 0.15) is 11.1 Å². The van der Waals surface area contributed by atoms with Gasteiger partial charge in [0.05, 0.1) is 11.8 Å². The van der Waals surface area contributed by atoms with E-state index in [0.29, 0.717) is 18.7 Å². The summed E-state index contributed by atoms with van der Waals surface area (Å²) < 4.78 is 1.89. The fourth-order valence-electron chi connectivity index (χ4n) is 2.75. The van der Waals surface area contributed by atoms with E-state index in [4.69, 9.17) is 0 Å². The summed E-state index contributed by atoms with van der Waals surface area (Å²) in [5.74, 6) is -0.248. The van der Waals surface area contributed by atoms with Crippen LogP contribution in [0.5, 0.6) is 0 Å². The highest BCUT2D eigenvalue weighted by Crippen LogP contribution is 2.34. The number of anilines is 1. The zero-order valence-electron chi connectivity index (χ0n) is 10.8. The van der Waals surface area contributed by atoms with Crippen molar-refractivity contribution in [2.45, 2.75) is 31.2 Å². The fraction of sp³-hybridized carbons (Fsp3) is 0.462. The van der Waals surface area contributed by atoms with E-state index in [-0.39, 0.29) is 0 Å². The Morgan fingerprint density at radius 1 is 1.42 bits per heavy atom. The Kier molecular flexibility index (Phi) is 2.66. The normalized spacial score (nSPS) is 17.7. The third-order valence-electron chi connectivity index (χ3n) is 3.87. The van der Waals surface area contributed by atoms with Gasteiger partial charge in [-0.2, -0.15) is 0 Å². The number of fused-ring (bicyclic) bond motifs is 1. The van der Waals surface area contributed by atoms with Crippen molar-refractivity contribution < 1.29 is 9.90 Å². The van der Waals surface area contributed by atoms with Crippen LogP contribution >= 0.6 is 0 Å². The molecule has 0 bridgehead atoms. The third-order valence-corrected chi connectivity index (χ3v) is 3.87. The molecule has 100 valence electrons. The van der Waals surface area contributed by atoms with Gasteiger partial charge < -0.3 is 15.0 Å². The largest absolute Gasteiger partial charge is 0.480 e. The standard InChI is InChI=1S/C13H16N4O2/c1-17-8-15-10-9(17)4-7-14-11(10)16-13(12(18)19)5-2-3-6-13/h4,7-8H,2-3,5-6H2,1H3,(H,14,16)(H,18,19). The Morgan fingerprint density at radius 3 is 2.84 bits per heavy atom. The first-order valence-corrected chi connectivity index (χ1v) is 6.40. The monoisotopic (exact) mass is 260 g/mol. The van der Waals surface area contributed by atoms with Crippen molar-refractivity contribution in [1.29, 1.82) is 0 Å². The summed E-state index contributed by atoms with van der Waals surface area (Å²) in [4.78, 5) is 20.1. The number of nitrogens with zero attached hydrogens (tertiary/aromatic N) is 3. The number of aryl methyl sites for hydroxylation is 1. The number of hydrogen-bond donors (Lipinski definition) is 2. The molecule has 0 aliphatic heterocycles. The number of carboxylic acids is 1. The number of hydrogen-bond acceptors (Lipinski definition) is 4. The van der Waals surface area contributed by atoms with Crippen LogP contribution < -0.4 is 5.32 Å². The number of rotatable bonds is 3. The first-order valence-electron chi connectivity index (χ1n) is 6.40. The van der Waals surface area contributed by atoms with Crippen LogP contribution in [0, 0.1) is 0 Å². The molecule has 0 saturated heterocycles. The molecule has 0 amide bonds. The van der Waals surface area contributed by atoms with E-state index >= 15 is 0 Å². The van der Waals surface area contributed by atoms with Gasteiger partial charge >= 0.3 is 5.97 Å². The maximum Gasteiger partial charge on any atom is 0.329 e. The predicted molar refractivity (Wildman–Crippen MR) is 71.0 cm³/mol. The van der Waals surface area contributed by atoms with Gasteiger partial charge in [0.15, 0.2) is 5.82 Å². The third kappa shape index (κ3) is 1.83. The topological polar surface area (TPSA) is 80.0 Å². The highest BCUT2D eigenvalue weighted by atomic mass is 16.4. The lowest BCUT2D eigenvalue weighted by Gasteiger charge is -2.25. The highest BCUT2D eigenvalue weighted by Gasteiger charge is 2.42. The molecule has 0 spiro atoms. The molecule has 19 heavy (non-hydrogen) atoms. The fourth-order valence-corrected chi connectivity index (χ4v) is 2.75. The van der Waals surface area contributed by atoms with Gasteiger partial charge in [-0.25, -0.2) is 14.8 Å². The summed E-state index contributed by atoms with van der Waals surface area (Å²) >= 11 is 0. The summed E-state index contributed by atoms with van der Waals surface area (Å²) in [6, 6.07) is 1.87. The van der Waals surface area contributed by atoms with Gasteiger partial charge in [0.25, 0.3) is 0 Å². The molecule has 0 atom stereocenters. The molecule has 2 aromatic heterocycles. The van der Waals surface area contributed by atoms with Crippen molar-refractivity contribution in [3.63, 3.8) is 0 Å². The van der Waals surface area contributed by atoms with Gasteiger partial charge in [0, 0.05) is 13.2 Å². The second kappa shape index (κ2) is 4.22. The smallest absolute Gasteiger partial charge is 0.329 e. The number of imidazole rings is 1. The minimum atomic E-state index is -0.890. The van der Waals surface area contributed by atoms with E-state index in [9.17, 15) is 9.90 Å². The van der Waals surface area contributed by atoms with Gasteiger partial charge in [0.2, 0.25) is 0 Å². The van der Waals surface area contributed by atoms with E-state index in [2.05, 4.69) is 15.3 Å². The van der Waals surface area contributed by atoms with Crippen molar-refractivity contribution in [2.75, 3.05) is 5.32 Å². The molecule has 2 aromatic rings. The van der Waals surface area contributed by atoms with Crippen LogP contribution in [0.4, 0.5) is 5.82 Å². The second-order valence-electron chi connectivity index (χ2n) is 5.10. The summed E-state index contributed by atoms with van der Waals surface area (Å²) in [5, 5.41) is 12.6.